The summed E-state index contributed by atoms with van der Waals surface area (Å²) in [4.78, 5) is 12.2. The summed E-state index contributed by atoms with van der Waals surface area (Å²) in [6.45, 7) is 2.46. The summed E-state index contributed by atoms with van der Waals surface area (Å²) in [6, 6.07) is 2.43. The van der Waals surface area contributed by atoms with Gasteiger partial charge in [-0.25, -0.2) is 0 Å². The number of hydrogen-bond donors (Lipinski definition) is 2. The van der Waals surface area contributed by atoms with Crippen LogP contribution in [0.1, 0.15) is 50.5 Å². The third-order valence-electron chi connectivity index (χ3n) is 4.59. The molecule has 5 nitrogen and oxygen atoms in total. The van der Waals surface area contributed by atoms with E-state index in [1.54, 1.807) is 0 Å². The molecule has 5 heteroatoms. The monoisotopic (exact) mass is 277 g/mol. The summed E-state index contributed by atoms with van der Waals surface area (Å²) in [7, 11) is 0. The van der Waals surface area contributed by atoms with Crippen molar-refractivity contribution in [1.29, 1.82) is 0 Å². The number of aromatic nitrogens is 1. The second kappa shape index (κ2) is 5.95. The van der Waals surface area contributed by atoms with Gasteiger partial charge in [0.25, 0.3) is 0 Å². The van der Waals surface area contributed by atoms with Crippen LogP contribution in [0.25, 0.3) is 0 Å². The molecular formula is C15H23N3O2. The molecule has 1 saturated carbocycles. The Bertz CT molecular complexity index is 457. The number of hydrogen-bond acceptors (Lipinski definition) is 4. The van der Waals surface area contributed by atoms with Gasteiger partial charge in [-0.1, -0.05) is 24.9 Å². The highest BCUT2D eigenvalue weighted by Gasteiger charge is 2.38. The van der Waals surface area contributed by atoms with Gasteiger partial charge in [0, 0.05) is 12.1 Å². The van der Waals surface area contributed by atoms with Crippen LogP contribution in [0.4, 0.5) is 0 Å². The van der Waals surface area contributed by atoms with E-state index in [0.29, 0.717) is 18.5 Å². The van der Waals surface area contributed by atoms with Crippen molar-refractivity contribution in [3.05, 3.63) is 17.5 Å². The predicted octanol–water partition coefficient (Wildman–Crippen LogP) is 1.77. The Balaban J connectivity index is 1.49. The molecule has 1 aromatic rings. The molecule has 110 valence electrons. The van der Waals surface area contributed by atoms with Crippen LogP contribution in [-0.4, -0.2) is 23.1 Å². The fourth-order valence-electron chi connectivity index (χ4n) is 3.42. The van der Waals surface area contributed by atoms with E-state index in [1.807, 2.05) is 13.0 Å². The molecule has 2 aliphatic rings. The number of nitrogens with one attached hydrogen (secondary N) is 2. The number of rotatable bonds is 4. The van der Waals surface area contributed by atoms with E-state index < -0.39 is 0 Å². The summed E-state index contributed by atoms with van der Waals surface area (Å²) in [5.74, 6) is 1.51. The van der Waals surface area contributed by atoms with Gasteiger partial charge < -0.3 is 15.2 Å². The van der Waals surface area contributed by atoms with Gasteiger partial charge in [0.2, 0.25) is 5.91 Å². The predicted molar refractivity (Wildman–Crippen MR) is 75.0 cm³/mol. The summed E-state index contributed by atoms with van der Waals surface area (Å²) < 4.78 is 5.18. The minimum atomic E-state index is -0.0309. The Hall–Kier alpha value is -1.36. The Kier molecular flexibility index (Phi) is 4.05. The third-order valence-corrected chi connectivity index (χ3v) is 4.59. The van der Waals surface area contributed by atoms with Crippen LogP contribution in [-0.2, 0) is 17.8 Å². The molecule has 0 bridgehead atoms. The molecule has 1 aromatic heterocycles. The second-order valence-electron chi connectivity index (χ2n) is 5.96. The van der Waals surface area contributed by atoms with Crippen molar-refractivity contribution in [2.75, 3.05) is 0 Å². The summed E-state index contributed by atoms with van der Waals surface area (Å²) in [6.07, 6.45) is 6.92. The smallest absolute Gasteiger partial charge is 0.237 e. The van der Waals surface area contributed by atoms with Crippen molar-refractivity contribution < 1.29 is 9.32 Å². The normalized spacial score (nSPS) is 29.1. The van der Waals surface area contributed by atoms with Crippen LogP contribution in [0.3, 0.4) is 0 Å². The first kappa shape index (κ1) is 13.6. The van der Waals surface area contributed by atoms with Gasteiger partial charge in [-0.05, 0) is 31.6 Å². The molecule has 3 atom stereocenters. The topological polar surface area (TPSA) is 67.2 Å². The van der Waals surface area contributed by atoms with Gasteiger partial charge in [0.15, 0.2) is 5.76 Å². The number of carbonyl (C=O) groups is 1. The standard InChI is InChI=1S/C15H23N3O2/c1-2-11-8-12(20-18-11)9-16-15(19)14-7-10-5-3-4-6-13(10)17-14/h8,10,13-14,17H,2-7,9H2,1H3,(H,16,19)/t10-,13+,14-/m0/s1. The van der Waals surface area contributed by atoms with E-state index in [4.69, 9.17) is 4.52 Å². The molecule has 20 heavy (non-hydrogen) atoms. The van der Waals surface area contributed by atoms with E-state index >= 15 is 0 Å². The van der Waals surface area contributed by atoms with Gasteiger partial charge in [-0.15, -0.1) is 0 Å². The molecule has 2 N–H and O–H groups in total. The average molecular weight is 277 g/mol. The molecule has 0 aromatic carbocycles. The molecule has 1 aliphatic carbocycles. The SMILES string of the molecule is CCc1cc(CNC(=O)[C@@H]2C[C@@H]3CCCC[C@H]3N2)on1. The van der Waals surface area contributed by atoms with Crippen molar-refractivity contribution in [2.24, 2.45) is 5.92 Å². The highest BCUT2D eigenvalue weighted by molar-refractivity contribution is 5.82. The number of aryl methyl sites for hydroxylation is 1. The van der Waals surface area contributed by atoms with E-state index in [1.165, 1.54) is 25.7 Å². The van der Waals surface area contributed by atoms with Crippen LogP contribution in [0.2, 0.25) is 0 Å². The van der Waals surface area contributed by atoms with Gasteiger partial charge in [0.1, 0.15) is 0 Å². The van der Waals surface area contributed by atoms with Crippen molar-refractivity contribution >= 4 is 5.91 Å². The van der Waals surface area contributed by atoms with Crippen molar-refractivity contribution in [2.45, 2.75) is 64.1 Å². The van der Waals surface area contributed by atoms with Crippen molar-refractivity contribution in [1.82, 2.24) is 15.8 Å². The van der Waals surface area contributed by atoms with E-state index in [2.05, 4.69) is 15.8 Å². The zero-order valence-electron chi connectivity index (χ0n) is 12.0. The largest absolute Gasteiger partial charge is 0.359 e. The first-order valence-corrected chi connectivity index (χ1v) is 7.74. The van der Waals surface area contributed by atoms with E-state index in [-0.39, 0.29) is 11.9 Å². The van der Waals surface area contributed by atoms with Crippen LogP contribution in [0, 0.1) is 5.92 Å². The molecule has 0 radical (unpaired) electrons. The molecule has 1 amide bonds. The second-order valence-corrected chi connectivity index (χ2v) is 5.96. The molecule has 2 heterocycles. The van der Waals surface area contributed by atoms with Gasteiger partial charge in [0.05, 0.1) is 18.3 Å². The quantitative estimate of drug-likeness (QED) is 0.880. The summed E-state index contributed by atoms with van der Waals surface area (Å²) in [5, 5.41) is 10.4. The van der Waals surface area contributed by atoms with Crippen LogP contribution in [0.5, 0.6) is 0 Å². The minimum Gasteiger partial charge on any atom is -0.359 e. The van der Waals surface area contributed by atoms with Gasteiger partial charge in [-0.2, -0.15) is 0 Å². The third kappa shape index (κ3) is 2.87. The molecule has 1 saturated heterocycles. The lowest BCUT2D eigenvalue weighted by molar-refractivity contribution is -0.123. The maximum atomic E-state index is 12.2. The summed E-state index contributed by atoms with van der Waals surface area (Å²) in [5.41, 5.74) is 0.930. The van der Waals surface area contributed by atoms with E-state index in [0.717, 1.165) is 24.3 Å². The zero-order valence-corrected chi connectivity index (χ0v) is 12.0. The van der Waals surface area contributed by atoms with Crippen LogP contribution < -0.4 is 10.6 Å². The fraction of sp³-hybridized carbons (Fsp3) is 0.733. The summed E-state index contributed by atoms with van der Waals surface area (Å²) >= 11 is 0. The molecular weight excluding hydrogens is 254 g/mol. The Morgan fingerprint density at radius 1 is 1.50 bits per heavy atom. The van der Waals surface area contributed by atoms with Crippen LogP contribution in [0.15, 0.2) is 10.6 Å². The molecule has 3 rings (SSSR count). The highest BCUT2D eigenvalue weighted by Crippen LogP contribution is 2.33. The molecule has 1 aliphatic heterocycles. The lowest BCUT2D eigenvalue weighted by atomic mass is 9.85. The van der Waals surface area contributed by atoms with Gasteiger partial charge >= 0.3 is 0 Å². The Morgan fingerprint density at radius 3 is 3.10 bits per heavy atom. The number of carbonyl (C=O) groups excluding carboxylic acids is 1. The fourth-order valence-corrected chi connectivity index (χ4v) is 3.42. The number of nitrogens with zero attached hydrogens (tertiary/aromatic N) is 1. The van der Waals surface area contributed by atoms with Crippen LogP contribution >= 0.6 is 0 Å². The van der Waals surface area contributed by atoms with Gasteiger partial charge in [-0.3, -0.25) is 4.79 Å². The lowest BCUT2D eigenvalue weighted by Crippen LogP contribution is -2.42. The van der Waals surface area contributed by atoms with Crippen molar-refractivity contribution in [3.63, 3.8) is 0 Å². The zero-order chi connectivity index (χ0) is 13.9. The average Bonchev–Trinajstić information content (AvgIpc) is 3.10. The van der Waals surface area contributed by atoms with Crippen molar-refractivity contribution in [3.8, 4) is 0 Å². The molecule has 0 unspecified atom stereocenters. The Labute approximate surface area is 119 Å². The molecule has 2 fully saturated rings. The van der Waals surface area contributed by atoms with E-state index in [9.17, 15) is 4.79 Å². The number of amides is 1. The maximum absolute atomic E-state index is 12.2. The first-order valence-electron chi connectivity index (χ1n) is 7.74. The number of fused-ring (bicyclic) bond motifs is 1. The Morgan fingerprint density at radius 2 is 2.35 bits per heavy atom. The maximum Gasteiger partial charge on any atom is 0.237 e. The minimum absolute atomic E-state index is 0.0309. The lowest BCUT2D eigenvalue weighted by Gasteiger charge is -2.24. The highest BCUT2D eigenvalue weighted by atomic mass is 16.5. The first-order chi connectivity index (χ1) is 9.76. The molecule has 0 spiro atoms.